The molecule has 0 aromatic carbocycles. The van der Waals surface area contributed by atoms with Crippen molar-refractivity contribution in [3.63, 3.8) is 0 Å². The molecule has 114 valence electrons. The summed E-state index contributed by atoms with van der Waals surface area (Å²) in [6, 6.07) is -0.849. The minimum absolute atomic E-state index is 0.122. The Morgan fingerprint density at radius 1 is 1.50 bits per heavy atom. The Bertz CT molecular complexity index is 373. The van der Waals surface area contributed by atoms with Crippen LogP contribution in [0, 0.1) is 5.92 Å². The van der Waals surface area contributed by atoms with Crippen molar-refractivity contribution >= 4 is 17.8 Å². The van der Waals surface area contributed by atoms with E-state index in [4.69, 9.17) is 10.8 Å². The van der Waals surface area contributed by atoms with Crippen LogP contribution in [0.4, 0.5) is 0 Å². The second-order valence-corrected chi connectivity index (χ2v) is 5.23. The molecule has 2 amide bonds. The molecule has 1 heterocycles. The van der Waals surface area contributed by atoms with Gasteiger partial charge in [0.2, 0.25) is 11.8 Å². The van der Waals surface area contributed by atoms with Gasteiger partial charge in [-0.1, -0.05) is 0 Å². The highest BCUT2D eigenvalue weighted by Crippen LogP contribution is 2.17. The molecule has 0 bridgehead atoms. The van der Waals surface area contributed by atoms with Crippen molar-refractivity contribution in [1.29, 1.82) is 0 Å². The Balaban J connectivity index is 2.25. The van der Waals surface area contributed by atoms with Gasteiger partial charge in [0.1, 0.15) is 6.04 Å². The highest BCUT2D eigenvalue weighted by atomic mass is 16.4. The number of carbonyl (C=O) groups is 3. The minimum Gasteiger partial charge on any atom is -0.480 e. The lowest BCUT2D eigenvalue weighted by Gasteiger charge is -2.17. The molecule has 0 aliphatic carbocycles. The van der Waals surface area contributed by atoms with E-state index in [2.05, 4.69) is 5.32 Å². The number of hydrogen-bond acceptors (Lipinski definition) is 4. The first-order chi connectivity index (χ1) is 9.43. The molecular weight excluding hydrogens is 262 g/mol. The number of carboxylic acids is 1. The summed E-state index contributed by atoms with van der Waals surface area (Å²) >= 11 is 0. The van der Waals surface area contributed by atoms with Gasteiger partial charge in [-0.15, -0.1) is 0 Å². The van der Waals surface area contributed by atoms with Gasteiger partial charge in [0.25, 0.3) is 0 Å². The molecule has 0 aromatic heterocycles. The standard InChI is InChI=1S/C13H23N3O4/c1-9(17)15-11(13(19)20)4-2-3-5-16-8-10(7-14)6-12(16)18/h10-11H,2-8,14H2,1H3,(H,15,17)(H,19,20)/t10?,11-/m0/s1. The van der Waals surface area contributed by atoms with Gasteiger partial charge in [0.15, 0.2) is 0 Å². The number of nitrogens with one attached hydrogen (secondary N) is 1. The van der Waals surface area contributed by atoms with Gasteiger partial charge in [-0.3, -0.25) is 9.59 Å². The highest BCUT2D eigenvalue weighted by molar-refractivity contribution is 5.82. The summed E-state index contributed by atoms with van der Waals surface area (Å²) in [5, 5.41) is 11.3. The van der Waals surface area contributed by atoms with Crippen molar-refractivity contribution in [3.05, 3.63) is 0 Å². The average molecular weight is 285 g/mol. The summed E-state index contributed by atoms with van der Waals surface area (Å²) in [5.41, 5.74) is 5.55. The number of nitrogens with zero attached hydrogens (tertiary/aromatic N) is 1. The largest absolute Gasteiger partial charge is 0.480 e. The van der Waals surface area contributed by atoms with Gasteiger partial charge >= 0.3 is 5.97 Å². The van der Waals surface area contributed by atoms with Crippen LogP contribution in [0.1, 0.15) is 32.6 Å². The number of likely N-dealkylation sites (tertiary alicyclic amines) is 1. The number of nitrogens with two attached hydrogens (primary N) is 1. The van der Waals surface area contributed by atoms with E-state index < -0.39 is 12.0 Å². The lowest BCUT2D eigenvalue weighted by Crippen LogP contribution is -2.39. The normalized spacial score (nSPS) is 20.0. The number of carbonyl (C=O) groups excluding carboxylic acids is 2. The van der Waals surface area contributed by atoms with Crippen LogP contribution in [0.5, 0.6) is 0 Å². The quantitative estimate of drug-likeness (QED) is 0.523. The van der Waals surface area contributed by atoms with Gasteiger partial charge in [0, 0.05) is 26.4 Å². The van der Waals surface area contributed by atoms with Crippen molar-refractivity contribution in [2.45, 2.75) is 38.6 Å². The zero-order chi connectivity index (χ0) is 15.1. The van der Waals surface area contributed by atoms with E-state index in [1.165, 1.54) is 6.92 Å². The van der Waals surface area contributed by atoms with Crippen LogP contribution >= 0.6 is 0 Å². The van der Waals surface area contributed by atoms with Crippen molar-refractivity contribution in [1.82, 2.24) is 10.2 Å². The number of unbranched alkanes of at least 4 members (excludes halogenated alkanes) is 1. The molecule has 7 heteroatoms. The van der Waals surface area contributed by atoms with E-state index in [-0.39, 0.29) is 17.7 Å². The summed E-state index contributed by atoms with van der Waals surface area (Å²) in [6.45, 7) is 3.14. The van der Waals surface area contributed by atoms with E-state index in [0.29, 0.717) is 38.9 Å². The van der Waals surface area contributed by atoms with Crippen LogP contribution in [0.25, 0.3) is 0 Å². The molecule has 1 aliphatic rings. The molecule has 2 atom stereocenters. The van der Waals surface area contributed by atoms with E-state index in [0.717, 1.165) is 6.42 Å². The Morgan fingerprint density at radius 3 is 2.70 bits per heavy atom. The maximum Gasteiger partial charge on any atom is 0.326 e. The number of carboxylic acid groups (broad SMARTS) is 1. The van der Waals surface area contributed by atoms with E-state index >= 15 is 0 Å². The molecule has 20 heavy (non-hydrogen) atoms. The summed E-state index contributed by atoms with van der Waals surface area (Å²) < 4.78 is 0. The molecule has 0 radical (unpaired) electrons. The molecule has 4 N–H and O–H groups in total. The first-order valence-corrected chi connectivity index (χ1v) is 6.91. The van der Waals surface area contributed by atoms with Crippen molar-refractivity contribution < 1.29 is 19.5 Å². The maximum atomic E-state index is 11.6. The van der Waals surface area contributed by atoms with Gasteiger partial charge in [-0.25, -0.2) is 4.79 Å². The fourth-order valence-corrected chi connectivity index (χ4v) is 2.38. The maximum absolute atomic E-state index is 11.6. The Kier molecular flexibility index (Phi) is 6.44. The average Bonchev–Trinajstić information content (AvgIpc) is 2.73. The fourth-order valence-electron chi connectivity index (χ4n) is 2.38. The van der Waals surface area contributed by atoms with Crippen molar-refractivity contribution in [2.75, 3.05) is 19.6 Å². The molecule has 1 rings (SSSR count). The number of hydrogen-bond donors (Lipinski definition) is 3. The third-order valence-corrected chi connectivity index (χ3v) is 3.47. The van der Waals surface area contributed by atoms with E-state index in [1.54, 1.807) is 4.90 Å². The molecule has 1 aliphatic heterocycles. The first kappa shape index (κ1) is 16.4. The van der Waals surface area contributed by atoms with Gasteiger partial charge in [-0.05, 0) is 31.7 Å². The fraction of sp³-hybridized carbons (Fsp3) is 0.769. The second kappa shape index (κ2) is 7.84. The number of rotatable bonds is 8. The Labute approximate surface area is 118 Å². The summed E-state index contributed by atoms with van der Waals surface area (Å²) in [7, 11) is 0. The number of aliphatic carboxylic acids is 1. The summed E-state index contributed by atoms with van der Waals surface area (Å²) in [5.74, 6) is -1.01. The van der Waals surface area contributed by atoms with Crippen LogP contribution in [0.15, 0.2) is 0 Å². The van der Waals surface area contributed by atoms with Crippen molar-refractivity contribution in [2.24, 2.45) is 11.7 Å². The number of amides is 2. The van der Waals surface area contributed by atoms with Crippen LogP contribution in [0.3, 0.4) is 0 Å². The molecule has 1 saturated heterocycles. The van der Waals surface area contributed by atoms with Gasteiger partial charge < -0.3 is 21.1 Å². The van der Waals surface area contributed by atoms with E-state index in [9.17, 15) is 14.4 Å². The molecule has 0 aromatic rings. The Morgan fingerprint density at radius 2 is 2.20 bits per heavy atom. The third-order valence-electron chi connectivity index (χ3n) is 3.47. The van der Waals surface area contributed by atoms with Crippen LogP contribution in [-0.2, 0) is 14.4 Å². The topological polar surface area (TPSA) is 113 Å². The summed E-state index contributed by atoms with van der Waals surface area (Å²) in [4.78, 5) is 35.2. The minimum atomic E-state index is -1.03. The zero-order valence-corrected chi connectivity index (χ0v) is 11.8. The first-order valence-electron chi connectivity index (χ1n) is 6.91. The van der Waals surface area contributed by atoms with Crippen molar-refractivity contribution in [3.8, 4) is 0 Å². The van der Waals surface area contributed by atoms with E-state index in [1.807, 2.05) is 0 Å². The molecule has 1 unspecified atom stereocenters. The molecule has 0 saturated carbocycles. The lowest BCUT2D eigenvalue weighted by molar-refractivity contribution is -0.141. The third kappa shape index (κ3) is 5.16. The van der Waals surface area contributed by atoms with Gasteiger partial charge in [-0.2, -0.15) is 0 Å². The van der Waals surface area contributed by atoms with Crippen LogP contribution in [0.2, 0.25) is 0 Å². The zero-order valence-electron chi connectivity index (χ0n) is 11.8. The second-order valence-electron chi connectivity index (χ2n) is 5.23. The molecule has 7 nitrogen and oxygen atoms in total. The highest BCUT2D eigenvalue weighted by Gasteiger charge is 2.28. The summed E-state index contributed by atoms with van der Waals surface area (Å²) in [6.07, 6.45) is 2.26. The molecular formula is C13H23N3O4. The Hall–Kier alpha value is -1.63. The van der Waals surface area contributed by atoms with Crippen LogP contribution < -0.4 is 11.1 Å². The smallest absolute Gasteiger partial charge is 0.326 e. The SMILES string of the molecule is CC(=O)N[C@@H](CCCCN1CC(CN)CC1=O)C(=O)O. The predicted molar refractivity (Wildman–Crippen MR) is 72.8 cm³/mol. The lowest BCUT2D eigenvalue weighted by atomic mass is 10.1. The monoisotopic (exact) mass is 285 g/mol. The van der Waals surface area contributed by atoms with Gasteiger partial charge in [0.05, 0.1) is 0 Å². The predicted octanol–water partition coefficient (Wildman–Crippen LogP) is -0.447. The molecule has 0 spiro atoms. The van der Waals surface area contributed by atoms with Crippen LogP contribution in [-0.4, -0.2) is 53.5 Å². The molecule has 1 fully saturated rings.